The lowest BCUT2D eigenvalue weighted by Gasteiger charge is -2.19. The van der Waals surface area contributed by atoms with E-state index in [1.807, 2.05) is 61.8 Å². The lowest BCUT2D eigenvalue weighted by Crippen LogP contribution is -2.25. The molecule has 4 rings (SSSR count). The fourth-order valence-electron chi connectivity index (χ4n) is 3.32. The predicted molar refractivity (Wildman–Crippen MR) is 124 cm³/mol. The van der Waals surface area contributed by atoms with Crippen LogP contribution in [0.3, 0.4) is 0 Å². The number of aromatic nitrogens is 1. The van der Waals surface area contributed by atoms with Crippen molar-refractivity contribution in [3.05, 3.63) is 78.5 Å². The maximum Gasteiger partial charge on any atom is 0.286 e. The van der Waals surface area contributed by atoms with Crippen LogP contribution in [0.1, 0.15) is 5.56 Å². The van der Waals surface area contributed by atoms with Crippen molar-refractivity contribution in [2.24, 2.45) is 0 Å². The summed E-state index contributed by atoms with van der Waals surface area (Å²) in [4.78, 5) is 29.5. The summed E-state index contributed by atoms with van der Waals surface area (Å²) in [6.07, 6.45) is 2.35. The van der Waals surface area contributed by atoms with Gasteiger partial charge in [-0.1, -0.05) is 54.2 Å². The van der Waals surface area contributed by atoms with Gasteiger partial charge in [0.2, 0.25) is 5.91 Å². The van der Waals surface area contributed by atoms with Gasteiger partial charge in [-0.2, -0.15) is 0 Å². The first kappa shape index (κ1) is 20.9. The van der Waals surface area contributed by atoms with E-state index in [2.05, 4.69) is 33.4 Å². The number of imide groups is 1. The molecule has 31 heavy (non-hydrogen) atoms. The molecule has 1 unspecified atom stereocenters. The first-order valence-electron chi connectivity index (χ1n) is 10.0. The lowest BCUT2D eigenvalue weighted by molar-refractivity contribution is -0.118. The van der Waals surface area contributed by atoms with Crippen molar-refractivity contribution in [3.63, 3.8) is 0 Å². The molecular formula is C24H23N3O3S. The molecule has 1 aliphatic rings. The van der Waals surface area contributed by atoms with E-state index >= 15 is 0 Å². The van der Waals surface area contributed by atoms with Gasteiger partial charge in [0, 0.05) is 13.2 Å². The first-order chi connectivity index (χ1) is 15.1. The lowest BCUT2D eigenvalue weighted by atomic mass is 10.1. The Labute approximate surface area is 185 Å². The molecule has 1 aliphatic heterocycles. The van der Waals surface area contributed by atoms with Gasteiger partial charge in [-0.3, -0.25) is 14.9 Å². The molecule has 1 atom stereocenters. The topological polar surface area (TPSA) is 71.5 Å². The van der Waals surface area contributed by atoms with Crippen molar-refractivity contribution in [3.8, 4) is 16.9 Å². The number of nitrogens with zero attached hydrogens (tertiary/aromatic N) is 2. The van der Waals surface area contributed by atoms with Gasteiger partial charge in [0.25, 0.3) is 5.24 Å². The van der Waals surface area contributed by atoms with E-state index in [1.54, 1.807) is 0 Å². The second-order valence-electron chi connectivity index (χ2n) is 7.27. The predicted octanol–water partition coefficient (Wildman–Crippen LogP) is 4.16. The van der Waals surface area contributed by atoms with Crippen LogP contribution >= 0.6 is 11.8 Å². The third-order valence-electron chi connectivity index (χ3n) is 5.05. The number of nitrogens with one attached hydrogen (secondary N) is 1. The summed E-state index contributed by atoms with van der Waals surface area (Å²) in [5.74, 6) is 1.44. The zero-order valence-electron chi connectivity index (χ0n) is 17.2. The molecule has 0 saturated carbocycles. The van der Waals surface area contributed by atoms with Gasteiger partial charge in [0.15, 0.2) is 0 Å². The molecule has 2 aromatic carbocycles. The number of carbonyl (C=O) groups is 2. The third-order valence-corrected chi connectivity index (χ3v) is 6.03. The Hall–Kier alpha value is -3.32. The van der Waals surface area contributed by atoms with E-state index in [9.17, 15) is 9.59 Å². The SMILES string of the molecule is CN(CCOc1ccc(CC2SC(=O)NC2=O)cc1)c1cc(-c2ccccc2)ccn1. The standard InChI is InChI=1S/C24H23N3O3S/c1-27(22-16-19(11-12-25-22)18-5-3-2-4-6-18)13-14-30-20-9-7-17(8-10-20)15-21-23(28)26-24(29)31-21/h2-12,16,21H,13-15H2,1H3,(H,26,28,29). The molecule has 1 fully saturated rings. The van der Waals surface area contributed by atoms with Crippen LogP contribution in [-0.4, -0.2) is 41.6 Å². The maximum atomic E-state index is 11.7. The highest BCUT2D eigenvalue weighted by Gasteiger charge is 2.31. The smallest absolute Gasteiger partial charge is 0.286 e. The summed E-state index contributed by atoms with van der Waals surface area (Å²) in [6.45, 7) is 1.20. The Morgan fingerprint density at radius 3 is 2.52 bits per heavy atom. The maximum absolute atomic E-state index is 11.7. The molecular weight excluding hydrogens is 410 g/mol. The van der Waals surface area contributed by atoms with Gasteiger partial charge < -0.3 is 9.64 Å². The first-order valence-corrected chi connectivity index (χ1v) is 10.9. The summed E-state index contributed by atoms with van der Waals surface area (Å²) in [5, 5.41) is 1.68. The fraction of sp³-hybridized carbons (Fsp3) is 0.208. The Morgan fingerprint density at radius 1 is 1.03 bits per heavy atom. The highest BCUT2D eigenvalue weighted by molar-refractivity contribution is 8.15. The van der Waals surface area contributed by atoms with Gasteiger partial charge >= 0.3 is 0 Å². The number of anilines is 1. The molecule has 158 valence electrons. The van der Waals surface area contributed by atoms with Gasteiger partial charge in [-0.25, -0.2) is 4.98 Å². The molecule has 1 aromatic heterocycles. The van der Waals surface area contributed by atoms with Crippen molar-refractivity contribution in [2.45, 2.75) is 11.7 Å². The average Bonchev–Trinajstić information content (AvgIpc) is 3.12. The summed E-state index contributed by atoms with van der Waals surface area (Å²) in [5.41, 5.74) is 3.28. The van der Waals surface area contributed by atoms with Gasteiger partial charge in [0.1, 0.15) is 18.2 Å². The Bertz CT molecular complexity index is 1060. The zero-order chi connectivity index (χ0) is 21.6. The van der Waals surface area contributed by atoms with E-state index in [0.29, 0.717) is 19.6 Å². The van der Waals surface area contributed by atoms with Crippen molar-refractivity contribution < 1.29 is 14.3 Å². The number of amides is 2. The molecule has 2 amide bonds. The van der Waals surface area contributed by atoms with Gasteiger partial charge in [0.05, 0.1) is 11.8 Å². The van der Waals surface area contributed by atoms with Crippen LogP contribution in [0.15, 0.2) is 72.9 Å². The number of ether oxygens (including phenoxy) is 1. The molecule has 2 heterocycles. The number of hydrogen-bond acceptors (Lipinski definition) is 6. The molecule has 7 heteroatoms. The summed E-state index contributed by atoms with van der Waals surface area (Å²) < 4.78 is 5.87. The molecule has 3 aromatic rings. The average molecular weight is 434 g/mol. The van der Waals surface area contributed by atoms with Crippen molar-refractivity contribution >= 4 is 28.7 Å². The quantitative estimate of drug-likeness (QED) is 0.575. The third kappa shape index (κ3) is 5.44. The van der Waals surface area contributed by atoms with E-state index in [1.165, 1.54) is 0 Å². The molecule has 1 saturated heterocycles. The van der Waals surface area contributed by atoms with Crippen LogP contribution in [0.4, 0.5) is 10.6 Å². The monoisotopic (exact) mass is 433 g/mol. The second kappa shape index (κ2) is 9.66. The van der Waals surface area contributed by atoms with Crippen LogP contribution < -0.4 is 15.0 Å². The molecule has 0 spiro atoms. The Morgan fingerprint density at radius 2 is 1.81 bits per heavy atom. The minimum atomic E-state index is -0.355. The Balaban J connectivity index is 1.28. The van der Waals surface area contributed by atoms with Crippen LogP contribution in [0.5, 0.6) is 5.75 Å². The number of likely N-dealkylation sites (N-methyl/N-ethyl adjacent to an activating group) is 1. The van der Waals surface area contributed by atoms with Crippen LogP contribution in [0.2, 0.25) is 0 Å². The molecule has 0 aliphatic carbocycles. The van der Waals surface area contributed by atoms with E-state index in [-0.39, 0.29) is 16.4 Å². The van der Waals surface area contributed by atoms with Crippen LogP contribution in [0.25, 0.3) is 11.1 Å². The van der Waals surface area contributed by atoms with E-state index in [0.717, 1.165) is 40.0 Å². The minimum Gasteiger partial charge on any atom is -0.492 e. The van der Waals surface area contributed by atoms with Crippen molar-refractivity contribution in [1.82, 2.24) is 10.3 Å². The number of hydrogen-bond donors (Lipinski definition) is 1. The van der Waals surface area contributed by atoms with E-state index < -0.39 is 0 Å². The normalized spacial score (nSPS) is 15.6. The molecule has 1 N–H and O–H groups in total. The highest BCUT2D eigenvalue weighted by atomic mass is 32.2. The number of pyridine rings is 1. The summed E-state index contributed by atoms with van der Waals surface area (Å²) >= 11 is 1.04. The molecule has 0 radical (unpaired) electrons. The number of thioether (sulfide) groups is 1. The summed E-state index contributed by atoms with van der Waals surface area (Å²) in [7, 11) is 2.00. The summed E-state index contributed by atoms with van der Waals surface area (Å²) in [6, 6.07) is 22.0. The largest absolute Gasteiger partial charge is 0.492 e. The van der Waals surface area contributed by atoms with Crippen molar-refractivity contribution in [2.75, 3.05) is 25.1 Å². The fourth-order valence-corrected chi connectivity index (χ4v) is 4.18. The van der Waals surface area contributed by atoms with Crippen LogP contribution in [0, 0.1) is 0 Å². The van der Waals surface area contributed by atoms with E-state index in [4.69, 9.17) is 4.74 Å². The minimum absolute atomic E-state index is 0.219. The van der Waals surface area contributed by atoms with Crippen molar-refractivity contribution in [1.29, 1.82) is 0 Å². The second-order valence-corrected chi connectivity index (χ2v) is 8.45. The van der Waals surface area contributed by atoms with Gasteiger partial charge in [-0.15, -0.1) is 0 Å². The molecule has 6 nitrogen and oxygen atoms in total. The Kier molecular flexibility index (Phi) is 6.52. The number of benzene rings is 2. The highest BCUT2D eigenvalue weighted by Crippen LogP contribution is 2.24. The number of carbonyl (C=O) groups excluding carboxylic acids is 2. The molecule has 0 bridgehead atoms. The van der Waals surface area contributed by atoms with Gasteiger partial charge in [-0.05, 0) is 47.4 Å². The zero-order valence-corrected chi connectivity index (χ0v) is 18.0. The number of rotatable bonds is 8. The van der Waals surface area contributed by atoms with Crippen LogP contribution in [-0.2, 0) is 11.2 Å².